The summed E-state index contributed by atoms with van der Waals surface area (Å²) in [5, 5.41) is 0. The smallest absolute Gasteiger partial charge is 0.305 e. The van der Waals surface area contributed by atoms with Crippen molar-refractivity contribution in [3.63, 3.8) is 0 Å². The maximum Gasteiger partial charge on any atom is 0.305 e. The quantitative estimate of drug-likeness (QED) is 0.425. The van der Waals surface area contributed by atoms with Crippen LogP contribution in [0.1, 0.15) is 32.6 Å². The second kappa shape index (κ2) is 7.58. The van der Waals surface area contributed by atoms with Crippen molar-refractivity contribution in [1.29, 1.82) is 0 Å². The summed E-state index contributed by atoms with van der Waals surface area (Å²) in [7, 11) is 0. The van der Waals surface area contributed by atoms with E-state index in [-0.39, 0.29) is 5.97 Å². The molecule has 0 saturated heterocycles. The number of unbranched alkanes of at least 4 members (excludes halogenated alkanes) is 1. The first-order chi connectivity index (χ1) is 5.66. The molecule has 0 aromatic heterocycles. The molecule has 0 amide bonds. The second-order valence-corrected chi connectivity index (χ2v) is 4.05. The van der Waals surface area contributed by atoms with E-state index in [1.165, 1.54) is 0 Å². The summed E-state index contributed by atoms with van der Waals surface area (Å²) in [6.07, 6.45) is 3.47. The zero-order valence-electron chi connectivity index (χ0n) is 7.44. The van der Waals surface area contributed by atoms with Crippen molar-refractivity contribution in [1.82, 2.24) is 0 Å². The van der Waals surface area contributed by atoms with Crippen molar-refractivity contribution in [3.05, 3.63) is 10.2 Å². The minimum absolute atomic E-state index is 0.0865. The Labute approximate surface area is 87.5 Å². The van der Waals surface area contributed by atoms with Crippen LogP contribution in [0.15, 0.2) is 10.2 Å². The Balaban J connectivity index is 3.19. The Morgan fingerprint density at radius 1 is 1.42 bits per heavy atom. The summed E-state index contributed by atoms with van der Waals surface area (Å²) >= 11 is 2.21. The number of rotatable bonds is 6. The van der Waals surface area contributed by atoms with Crippen LogP contribution in [0.2, 0.25) is 0 Å². The molecular formula is C9H15IO2. The van der Waals surface area contributed by atoms with E-state index in [1.54, 1.807) is 0 Å². The van der Waals surface area contributed by atoms with Crippen LogP contribution >= 0.6 is 22.6 Å². The normalized spacial score (nSPS) is 9.50. The van der Waals surface area contributed by atoms with Crippen molar-refractivity contribution in [2.24, 2.45) is 0 Å². The van der Waals surface area contributed by atoms with Gasteiger partial charge in [-0.25, -0.2) is 0 Å². The highest BCUT2D eigenvalue weighted by atomic mass is 127. The van der Waals surface area contributed by atoms with Crippen molar-refractivity contribution >= 4 is 28.6 Å². The molecule has 0 atom stereocenters. The summed E-state index contributed by atoms with van der Waals surface area (Å²) in [4.78, 5) is 10.8. The Kier molecular flexibility index (Phi) is 7.54. The van der Waals surface area contributed by atoms with Crippen molar-refractivity contribution < 1.29 is 9.53 Å². The molecule has 0 aliphatic carbocycles. The van der Waals surface area contributed by atoms with E-state index in [2.05, 4.69) is 29.2 Å². The Morgan fingerprint density at radius 3 is 2.50 bits per heavy atom. The molecule has 0 aliphatic heterocycles. The van der Waals surface area contributed by atoms with Crippen LogP contribution in [0, 0.1) is 0 Å². The minimum atomic E-state index is -0.0865. The molecule has 2 nitrogen and oxygen atoms in total. The fourth-order valence-corrected chi connectivity index (χ4v) is 1.20. The largest absolute Gasteiger partial charge is 0.466 e. The van der Waals surface area contributed by atoms with Gasteiger partial charge in [0.1, 0.15) is 0 Å². The lowest BCUT2D eigenvalue weighted by Crippen LogP contribution is -2.02. The average molecular weight is 282 g/mol. The lowest BCUT2D eigenvalue weighted by atomic mass is 10.2. The fourth-order valence-electron chi connectivity index (χ4n) is 0.819. The van der Waals surface area contributed by atoms with Crippen LogP contribution in [-0.4, -0.2) is 12.6 Å². The molecule has 0 N–H and O–H groups in total. The highest BCUT2D eigenvalue weighted by Gasteiger charge is 2.00. The number of hydrogen-bond donors (Lipinski definition) is 0. The van der Waals surface area contributed by atoms with Gasteiger partial charge in [-0.2, -0.15) is 0 Å². The van der Waals surface area contributed by atoms with Gasteiger partial charge in [0.05, 0.1) is 6.61 Å². The van der Waals surface area contributed by atoms with E-state index in [0.29, 0.717) is 13.0 Å². The molecule has 0 bridgehead atoms. The maximum atomic E-state index is 10.8. The van der Waals surface area contributed by atoms with Crippen LogP contribution in [0.4, 0.5) is 0 Å². The van der Waals surface area contributed by atoms with E-state index < -0.39 is 0 Å². The molecule has 0 heterocycles. The summed E-state index contributed by atoms with van der Waals surface area (Å²) < 4.78 is 5.94. The van der Waals surface area contributed by atoms with Crippen LogP contribution in [0.5, 0.6) is 0 Å². The number of allylic oxidation sites excluding steroid dienone is 1. The van der Waals surface area contributed by atoms with Crippen LogP contribution in [0.25, 0.3) is 0 Å². The molecule has 70 valence electrons. The standard InChI is InChI=1S/C9H15IO2/c1-3-12-9(11)7-5-4-6-8(2)10/h2-7H2,1H3. The molecule has 0 spiro atoms. The molecule has 0 saturated carbocycles. The van der Waals surface area contributed by atoms with E-state index in [1.807, 2.05) is 6.92 Å². The highest BCUT2D eigenvalue weighted by molar-refractivity contribution is 14.1. The van der Waals surface area contributed by atoms with Gasteiger partial charge < -0.3 is 4.74 Å². The van der Waals surface area contributed by atoms with Gasteiger partial charge in [-0.1, -0.05) is 6.58 Å². The van der Waals surface area contributed by atoms with Gasteiger partial charge in [0.15, 0.2) is 0 Å². The number of ether oxygens (including phenoxy) is 1. The molecule has 12 heavy (non-hydrogen) atoms. The number of hydrogen-bond acceptors (Lipinski definition) is 2. The topological polar surface area (TPSA) is 26.3 Å². The molecule has 0 fully saturated rings. The van der Waals surface area contributed by atoms with Gasteiger partial charge in [-0.3, -0.25) is 4.79 Å². The van der Waals surface area contributed by atoms with Crippen LogP contribution in [-0.2, 0) is 9.53 Å². The third-order valence-electron chi connectivity index (χ3n) is 1.38. The molecule has 0 aromatic rings. The lowest BCUT2D eigenvalue weighted by Gasteiger charge is -2.00. The predicted octanol–water partition coefficient (Wildman–Crippen LogP) is 3.06. The maximum absolute atomic E-state index is 10.8. The van der Waals surface area contributed by atoms with E-state index in [4.69, 9.17) is 4.74 Å². The van der Waals surface area contributed by atoms with Gasteiger partial charge in [-0.15, -0.1) is 0 Å². The van der Waals surface area contributed by atoms with Gasteiger partial charge in [0.2, 0.25) is 0 Å². The number of carbonyl (C=O) groups excluding carboxylic acids is 1. The second-order valence-electron chi connectivity index (χ2n) is 2.53. The number of carbonyl (C=O) groups is 1. The Bertz CT molecular complexity index is 155. The van der Waals surface area contributed by atoms with Gasteiger partial charge in [0.25, 0.3) is 0 Å². The Hall–Kier alpha value is -0.0600. The molecule has 0 aliphatic rings. The number of halogens is 1. The summed E-state index contributed by atoms with van der Waals surface area (Å²) in [6, 6.07) is 0. The van der Waals surface area contributed by atoms with Crippen molar-refractivity contribution in [2.45, 2.75) is 32.6 Å². The third-order valence-corrected chi connectivity index (χ3v) is 1.92. The molecule has 0 radical (unpaired) electrons. The van der Waals surface area contributed by atoms with Crippen LogP contribution < -0.4 is 0 Å². The SMILES string of the molecule is C=C(I)CCCCC(=O)OCC. The first-order valence-corrected chi connectivity index (χ1v) is 5.23. The zero-order chi connectivity index (χ0) is 9.40. The molecule has 3 heteroatoms. The van der Waals surface area contributed by atoms with E-state index >= 15 is 0 Å². The molecular weight excluding hydrogens is 267 g/mol. The third kappa shape index (κ3) is 8.04. The monoisotopic (exact) mass is 282 g/mol. The van der Waals surface area contributed by atoms with Gasteiger partial charge >= 0.3 is 5.97 Å². The van der Waals surface area contributed by atoms with Crippen molar-refractivity contribution in [2.75, 3.05) is 6.61 Å². The predicted molar refractivity (Wildman–Crippen MR) is 58.3 cm³/mol. The van der Waals surface area contributed by atoms with Gasteiger partial charge in [-0.05, 0) is 52.4 Å². The minimum Gasteiger partial charge on any atom is -0.466 e. The van der Waals surface area contributed by atoms with Crippen LogP contribution in [0.3, 0.4) is 0 Å². The van der Waals surface area contributed by atoms with Gasteiger partial charge in [0, 0.05) is 6.42 Å². The summed E-state index contributed by atoms with van der Waals surface area (Å²) in [5.41, 5.74) is 0. The first-order valence-electron chi connectivity index (χ1n) is 4.15. The highest BCUT2D eigenvalue weighted by Crippen LogP contribution is 2.12. The first kappa shape index (κ1) is 11.9. The van der Waals surface area contributed by atoms with E-state index in [9.17, 15) is 4.79 Å². The average Bonchev–Trinajstić information content (AvgIpc) is 1.98. The zero-order valence-corrected chi connectivity index (χ0v) is 9.59. The fraction of sp³-hybridized carbons (Fsp3) is 0.667. The molecule has 0 unspecified atom stereocenters. The molecule has 0 rings (SSSR count). The summed E-state index contributed by atoms with van der Waals surface area (Å²) in [6.45, 7) is 6.09. The van der Waals surface area contributed by atoms with E-state index in [0.717, 1.165) is 22.8 Å². The van der Waals surface area contributed by atoms with Crippen molar-refractivity contribution in [3.8, 4) is 0 Å². The lowest BCUT2D eigenvalue weighted by molar-refractivity contribution is -0.143. The Morgan fingerprint density at radius 2 is 2.00 bits per heavy atom. The summed E-state index contributed by atoms with van der Waals surface area (Å²) in [5.74, 6) is -0.0865. The molecule has 0 aromatic carbocycles. The number of esters is 1.